The second-order valence-electron chi connectivity index (χ2n) is 9.85. The Morgan fingerprint density at radius 1 is 0.500 bits per heavy atom. The Morgan fingerprint density at radius 2 is 0.900 bits per heavy atom. The lowest BCUT2D eigenvalue weighted by molar-refractivity contribution is -0.321. The average Bonchev–Trinajstić information content (AvgIpc) is 3.01. The highest BCUT2D eigenvalue weighted by molar-refractivity contribution is 5.16. The van der Waals surface area contributed by atoms with Crippen LogP contribution in [0.1, 0.15) is 22.3 Å². The highest BCUT2D eigenvalue weighted by atomic mass is 16.7. The molecule has 4 aromatic rings. The van der Waals surface area contributed by atoms with Crippen molar-refractivity contribution in [3.63, 3.8) is 0 Å². The molecule has 1 fully saturated rings. The number of aliphatic hydroxyl groups is 1. The molecule has 0 aromatic heterocycles. The fourth-order valence-electron chi connectivity index (χ4n) is 4.71. The van der Waals surface area contributed by atoms with Crippen LogP contribution in [0.25, 0.3) is 0 Å². The molecule has 4 aromatic carbocycles. The van der Waals surface area contributed by atoms with Gasteiger partial charge in [0, 0.05) is 0 Å². The maximum Gasteiger partial charge on any atom is 0.187 e. The van der Waals surface area contributed by atoms with Crippen molar-refractivity contribution in [3.8, 4) is 0 Å². The molecule has 5 rings (SSSR count). The maximum atomic E-state index is 11.5. The molecule has 208 valence electrons. The van der Waals surface area contributed by atoms with E-state index in [0.29, 0.717) is 26.4 Å². The summed E-state index contributed by atoms with van der Waals surface area (Å²) in [7, 11) is 0. The van der Waals surface area contributed by atoms with Crippen molar-refractivity contribution < 1.29 is 28.8 Å². The maximum absolute atomic E-state index is 11.5. The van der Waals surface area contributed by atoms with E-state index in [4.69, 9.17) is 23.7 Å². The molecule has 0 spiro atoms. The van der Waals surface area contributed by atoms with Gasteiger partial charge in [-0.3, -0.25) is 0 Å². The summed E-state index contributed by atoms with van der Waals surface area (Å²) in [6, 6.07) is 39.6. The van der Waals surface area contributed by atoms with Gasteiger partial charge >= 0.3 is 0 Å². The van der Waals surface area contributed by atoms with Crippen molar-refractivity contribution in [1.82, 2.24) is 0 Å². The van der Waals surface area contributed by atoms with Crippen LogP contribution in [0.5, 0.6) is 0 Å². The quantitative estimate of drug-likeness (QED) is 0.236. The van der Waals surface area contributed by atoms with Crippen LogP contribution in [0.4, 0.5) is 0 Å². The first-order valence-corrected chi connectivity index (χ1v) is 13.7. The third-order valence-electron chi connectivity index (χ3n) is 6.84. The van der Waals surface area contributed by atoms with E-state index in [1.165, 1.54) is 0 Å². The first-order chi connectivity index (χ1) is 19.8. The van der Waals surface area contributed by atoms with Crippen LogP contribution >= 0.6 is 0 Å². The average molecular weight is 541 g/mol. The molecule has 5 atom stereocenters. The topological polar surface area (TPSA) is 66.4 Å². The Hall–Kier alpha value is -3.36. The predicted octanol–water partition coefficient (Wildman–Crippen LogP) is 5.68. The third kappa shape index (κ3) is 8.08. The standard InChI is InChI=1S/C34H36O6/c35-31-33(38-23-28-17-9-3-10-18-28)32(37-22-27-15-7-2-8-16-27)30(25-36-21-26-13-5-1-6-14-26)40-34(31)39-24-29-19-11-4-12-20-29/h1-20,30-35H,21-25H2/t30-,31-,32-,33-,34+/m1/s1. The van der Waals surface area contributed by atoms with E-state index in [0.717, 1.165) is 22.3 Å². The second kappa shape index (κ2) is 14.9. The predicted molar refractivity (Wildman–Crippen MR) is 152 cm³/mol. The third-order valence-corrected chi connectivity index (χ3v) is 6.84. The van der Waals surface area contributed by atoms with Gasteiger partial charge in [0.15, 0.2) is 6.29 Å². The van der Waals surface area contributed by atoms with Crippen molar-refractivity contribution in [3.05, 3.63) is 144 Å². The zero-order valence-corrected chi connectivity index (χ0v) is 22.5. The van der Waals surface area contributed by atoms with Crippen molar-refractivity contribution in [2.45, 2.75) is 57.1 Å². The Kier molecular flexibility index (Phi) is 10.5. The Balaban J connectivity index is 1.34. The van der Waals surface area contributed by atoms with Crippen LogP contribution in [0, 0.1) is 0 Å². The van der Waals surface area contributed by atoms with Crippen molar-refractivity contribution in [1.29, 1.82) is 0 Å². The molecule has 1 aliphatic heterocycles. The normalized spacial score (nSPS) is 22.7. The molecule has 0 amide bonds. The van der Waals surface area contributed by atoms with E-state index in [-0.39, 0.29) is 6.61 Å². The minimum atomic E-state index is -1.07. The summed E-state index contributed by atoms with van der Waals surface area (Å²) in [5.74, 6) is 0. The number of benzene rings is 4. The van der Waals surface area contributed by atoms with Crippen molar-refractivity contribution in [2.24, 2.45) is 0 Å². The summed E-state index contributed by atoms with van der Waals surface area (Å²) in [5.41, 5.74) is 4.07. The van der Waals surface area contributed by atoms with E-state index in [1.54, 1.807) is 0 Å². The number of hydrogen-bond donors (Lipinski definition) is 1. The van der Waals surface area contributed by atoms with Gasteiger partial charge in [-0.15, -0.1) is 0 Å². The largest absolute Gasteiger partial charge is 0.385 e. The number of ether oxygens (including phenoxy) is 5. The highest BCUT2D eigenvalue weighted by Crippen LogP contribution is 2.29. The molecular formula is C34H36O6. The molecule has 1 N–H and O–H groups in total. The van der Waals surface area contributed by atoms with Gasteiger partial charge in [0.05, 0.1) is 33.0 Å². The molecule has 1 saturated heterocycles. The number of rotatable bonds is 13. The molecular weight excluding hydrogens is 504 g/mol. The van der Waals surface area contributed by atoms with Gasteiger partial charge in [0.2, 0.25) is 0 Å². The summed E-state index contributed by atoms with van der Waals surface area (Å²) in [4.78, 5) is 0. The van der Waals surface area contributed by atoms with Crippen LogP contribution < -0.4 is 0 Å². The summed E-state index contributed by atoms with van der Waals surface area (Å²) in [6.45, 7) is 1.63. The van der Waals surface area contributed by atoms with E-state index in [9.17, 15) is 5.11 Å². The van der Waals surface area contributed by atoms with E-state index in [2.05, 4.69) is 0 Å². The van der Waals surface area contributed by atoms with Gasteiger partial charge < -0.3 is 28.8 Å². The minimum absolute atomic E-state index is 0.247. The minimum Gasteiger partial charge on any atom is -0.385 e. The molecule has 40 heavy (non-hydrogen) atoms. The Labute approximate surface area is 236 Å². The number of aliphatic hydroxyl groups excluding tert-OH is 1. The van der Waals surface area contributed by atoms with E-state index < -0.39 is 30.7 Å². The molecule has 6 nitrogen and oxygen atoms in total. The van der Waals surface area contributed by atoms with Gasteiger partial charge in [-0.2, -0.15) is 0 Å². The molecule has 1 aliphatic rings. The summed E-state index contributed by atoms with van der Waals surface area (Å²) < 4.78 is 31.3. The first-order valence-electron chi connectivity index (χ1n) is 13.7. The SMILES string of the molecule is O[C@H]1[C@@H](OCc2ccccc2)O[C@H](COCc2ccccc2)[C@@H](OCc2ccccc2)[C@@H]1OCc1ccccc1. The van der Waals surface area contributed by atoms with Gasteiger partial charge in [-0.25, -0.2) is 0 Å². The van der Waals surface area contributed by atoms with Gasteiger partial charge in [0.1, 0.15) is 24.4 Å². The van der Waals surface area contributed by atoms with E-state index >= 15 is 0 Å². The second-order valence-corrected chi connectivity index (χ2v) is 9.85. The zero-order valence-electron chi connectivity index (χ0n) is 22.5. The molecule has 0 unspecified atom stereocenters. The van der Waals surface area contributed by atoms with Crippen LogP contribution in [0.3, 0.4) is 0 Å². The lowest BCUT2D eigenvalue weighted by atomic mass is 9.98. The summed E-state index contributed by atoms with van der Waals surface area (Å²) >= 11 is 0. The van der Waals surface area contributed by atoms with Crippen molar-refractivity contribution >= 4 is 0 Å². The van der Waals surface area contributed by atoms with Crippen LogP contribution in [-0.4, -0.2) is 42.4 Å². The molecule has 6 heteroatoms. The summed E-state index contributed by atoms with van der Waals surface area (Å²) in [5, 5.41) is 11.5. The van der Waals surface area contributed by atoms with Crippen molar-refractivity contribution in [2.75, 3.05) is 6.61 Å². The Bertz CT molecular complexity index is 1200. The van der Waals surface area contributed by atoms with Crippen LogP contribution in [0.2, 0.25) is 0 Å². The molecule has 0 radical (unpaired) electrons. The van der Waals surface area contributed by atoms with Crippen LogP contribution in [0.15, 0.2) is 121 Å². The van der Waals surface area contributed by atoms with Gasteiger partial charge in [-0.05, 0) is 22.3 Å². The highest BCUT2D eigenvalue weighted by Gasteiger charge is 2.47. The zero-order chi connectivity index (χ0) is 27.4. The lowest BCUT2D eigenvalue weighted by Crippen LogP contribution is -2.61. The fraction of sp³-hybridized carbons (Fsp3) is 0.294. The van der Waals surface area contributed by atoms with Crippen LogP contribution in [-0.2, 0) is 50.1 Å². The first kappa shape index (κ1) is 28.2. The fourth-order valence-corrected chi connectivity index (χ4v) is 4.71. The van der Waals surface area contributed by atoms with Gasteiger partial charge in [0.25, 0.3) is 0 Å². The summed E-state index contributed by atoms with van der Waals surface area (Å²) in [6.07, 6.45) is -3.81. The molecule has 0 saturated carbocycles. The van der Waals surface area contributed by atoms with Gasteiger partial charge in [-0.1, -0.05) is 121 Å². The Morgan fingerprint density at radius 3 is 1.38 bits per heavy atom. The monoisotopic (exact) mass is 540 g/mol. The lowest BCUT2D eigenvalue weighted by Gasteiger charge is -2.44. The smallest absolute Gasteiger partial charge is 0.187 e. The van der Waals surface area contributed by atoms with E-state index in [1.807, 2.05) is 121 Å². The molecule has 1 heterocycles. The number of hydrogen-bond acceptors (Lipinski definition) is 6. The molecule has 0 aliphatic carbocycles. The molecule has 0 bridgehead atoms.